The van der Waals surface area contributed by atoms with Crippen molar-refractivity contribution >= 4 is 0 Å². The van der Waals surface area contributed by atoms with Crippen LogP contribution in [-0.2, 0) is 10.8 Å². The molecule has 0 bridgehead atoms. The number of hydrogen-bond donors (Lipinski definition) is 0. The van der Waals surface area contributed by atoms with Gasteiger partial charge in [0.25, 0.3) is 0 Å². The summed E-state index contributed by atoms with van der Waals surface area (Å²) in [6.07, 6.45) is 0. The Bertz CT molecular complexity index is 573. The van der Waals surface area contributed by atoms with Gasteiger partial charge in [-0.1, -0.05) is 77.9 Å². The van der Waals surface area contributed by atoms with E-state index in [0.29, 0.717) is 0 Å². The molecular formula is C20H26O2. The van der Waals surface area contributed by atoms with E-state index in [-0.39, 0.29) is 10.8 Å². The molecule has 0 aromatic heterocycles. The highest BCUT2D eigenvalue weighted by atomic mass is 17.2. The lowest BCUT2D eigenvalue weighted by Crippen LogP contribution is -2.17. The van der Waals surface area contributed by atoms with Crippen LogP contribution in [0.25, 0.3) is 0 Å². The van der Waals surface area contributed by atoms with Gasteiger partial charge in [-0.25, -0.2) is 0 Å². The van der Waals surface area contributed by atoms with E-state index in [1.54, 1.807) is 0 Å². The van der Waals surface area contributed by atoms with Crippen LogP contribution in [0.3, 0.4) is 0 Å². The highest BCUT2D eigenvalue weighted by Crippen LogP contribution is 2.34. The molecule has 2 aromatic rings. The first kappa shape index (κ1) is 16.4. The van der Waals surface area contributed by atoms with Gasteiger partial charge in [-0.3, -0.25) is 9.78 Å². The molecule has 0 N–H and O–H groups in total. The zero-order valence-corrected chi connectivity index (χ0v) is 14.4. The summed E-state index contributed by atoms with van der Waals surface area (Å²) in [5.41, 5.74) is 2.26. The minimum absolute atomic E-state index is 0.00347. The van der Waals surface area contributed by atoms with Crippen molar-refractivity contribution in [3.8, 4) is 11.5 Å². The average Bonchev–Trinajstić information content (AvgIpc) is 2.44. The molecular weight excluding hydrogens is 272 g/mol. The van der Waals surface area contributed by atoms with Gasteiger partial charge in [0.1, 0.15) is 0 Å². The minimum atomic E-state index is 0.00347. The van der Waals surface area contributed by atoms with E-state index < -0.39 is 0 Å². The standard InChI is InChI=1S/C20H26O2/c1-19(2,3)15-11-7-9-13-17(15)21-22-18-14-10-8-12-16(18)20(4,5)6/h7-14H,1-6H3. The molecule has 0 saturated carbocycles. The molecule has 0 aliphatic heterocycles. The minimum Gasteiger partial charge on any atom is -0.290 e. The van der Waals surface area contributed by atoms with Crippen LogP contribution in [0.2, 0.25) is 0 Å². The van der Waals surface area contributed by atoms with Gasteiger partial charge in [0.2, 0.25) is 0 Å². The van der Waals surface area contributed by atoms with Gasteiger partial charge < -0.3 is 0 Å². The Labute approximate surface area is 134 Å². The molecule has 2 rings (SSSR count). The molecule has 0 unspecified atom stereocenters. The molecule has 0 atom stereocenters. The maximum Gasteiger partial charge on any atom is 0.182 e. The van der Waals surface area contributed by atoms with Crippen LogP contribution >= 0.6 is 0 Å². The van der Waals surface area contributed by atoms with Gasteiger partial charge in [0, 0.05) is 11.1 Å². The van der Waals surface area contributed by atoms with Crippen molar-refractivity contribution in [1.82, 2.24) is 0 Å². The number of rotatable bonds is 3. The van der Waals surface area contributed by atoms with Gasteiger partial charge in [0.05, 0.1) is 0 Å². The lowest BCUT2D eigenvalue weighted by atomic mass is 9.86. The van der Waals surface area contributed by atoms with Crippen molar-refractivity contribution in [3.63, 3.8) is 0 Å². The Morgan fingerprint density at radius 3 is 1.18 bits per heavy atom. The fourth-order valence-corrected chi connectivity index (χ4v) is 2.41. The van der Waals surface area contributed by atoms with Gasteiger partial charge in [-0.05, 0) is 23.0 Å². The van der Waals surface area contributed by atoms with E-state index >= 15 is 0 Å². The average molecular weight is 298 g/mol. The number of benzene rings is 2. The lowest BCUT2D eigenvalue weighted by Gasteiger charge is -2.24. The van der Waals surface area contributed by atoms with Crippen LogP contribution < -0.4 is 9.78 Å². The van der Waals surface area contributed by atoms with Gasteiger partial charge in [-0.2, -0.15) is 0 Å². The summed E-state index contributed by atoms with van der Waals surface area (Å²) in [5, 5.41) is 0. The molecule has 0 amide bonds. The second-order valence-corrected chi connectivity index (χ2v) is 7.66. The Kier molecular flexibility index (Phi) is 4.50. The van der Waals surface area contributed by atoms with E-state index in [2.05, 4.69) is 53.7 Å². The number of hydrogen-bond acceptors (Lipinski definition) is 2. The zero-order valence-electron chi connectivity index (χ0n) is 14.4. The van der Waals surface area contributed by atoms with Crippen molar-refractivity contribution in [2.75, 3.05) is 0 Å². The third-order valence-electron chi connectivity index (χ3n) is 3.61. The molecule has 118 valence electrons. The molecule has 2 nitrogen and oxygen atoms in total. The van der Waals surface area contributed by atoms with E-state index in [9.17, 15) is 0 Å². The SMILES string of the molecule is CC(C)(C)c1ccccc1OOc1ccccc1C(C)(C)C. The molecule has 2 aromatic carbocycles. The van der Waals surface area contributed by atoms with Crippen LogP contribution in [0.1, 0.15) is 52.7 Å². The van der Waals surface area contributed by atoms with E-state index in [4.69, 9.17) is 9.78 Å². The summed E-state index contributed by atoms with van der Waals surface area (Å²) >= 11 is 0. The van der Waals surface area contributed by atoms with Crippen molar-refractivity contribution in [1.29, 1.82) is 0 Å². The van der Waals surface area contributed by atoms with Crippen LogP contribution in [0.5, 0.6) is 11.5 Å². The molecule has 0 heterocycles. The van der Waals surface area contributed by atoms with Crippen LogP contribution in [0, 0.1) is 0 Å². The maximum atomic E-state index is 5.69. The second kappa shape index (κ2) is 6.04. The Balaban J connectivity index is 2.26. The Morgan fingerprint density at radius 2 is 0.864 bits per heavy atom. The first-order chi connectivity index (χ1) is 10.2. The highest BCUT2D eigenvalue weighted by Gasteiger charge is 2.22. The lowest BCUT2D eigenvalue weighted by molar-refractivity contribution is -0.103. The predicted octanol–water partition coefficient (Wildman–Crippen LogP) is 5.65. The molecule has 22 heavy (non-hydrogen) atoms. The summed E-state index contributed by atoms with van der Waals surface area (Å²) in [4.78, 5) is 11.4. The van der Waals surface area contributed by atoms with Crippen molar-refractivity contribution in [2.45, 2.75) is 52.4 Å². The maximum absolute atomic E-state index is 5.69. The van der Waals surface area contributed by atoms with Crippen molar-refractivity contribution in [3.05, 3.63) is 59.7 Å². The number of para-hydroxylation sites is 2. The summed E-state index contributed by atoms with van der Waals surface area (Å²) in [6.45, 7) is 13.0. The second-order valence-electron chi connectivity index (χ2n) is 7.66. The first-order valence-corrected chi connectivity index (χ1v) is 7.73. The van der Waals surface area contributed by atoms with Crippen LogP contribution in [-0.4, -0.2) is 0 Å². The van der Waals surface area contributed by atoms with Crippen molar-refractivity contribution in [2.24, 2.45) is 0 Å². The van der Waals surface area contributed by atoms with E-state index in [0.717, 1.165) is 22.6 Å². The fraction of sp³-hybridized carbons (Fsp3) is 0.400. The summed E-state index contributed by atoms with van der Waals surface area (Å²) in [5.74, 6) is 1.53. The highest BCUT2D eigenvalue weighted by molar-refractivity contribution is 5.40. The quantitative estimate of drug-likeness (QED) is 0.538. The monoisotopic (exact) mass is 298 g/mol. The third-order valence-corrected chi connectivity index (χ3v) is 3.61. The third kappa shape index (κ3) is 3.82. The summed E-state index contributed by atoms with van der Waals surface area (Å²) < 4.78 is 0. The first-order valence-electron chi connectivity index (χ1n) is 7.73. The Hall–Kier alpha value is -1.96. The molecule has 2 heteroatoms. The van der Waals surface area contributed by atoms with Gasteiger partial charge >= 0.3 is 0 Å². The zero-order chi connectivity index (χ0) is 16.4. The normalized spacial score (nSPS) is 12.1. The predicted molar refractivity (Wildman–Crippen MR) is 91.5 cm³/mol. The summed E-state index contributed by atoms with van der Waals surface area (Å²) in [7, 11) is 0. The van der Waals surface area contributed by atoms with Crippen molar-refractivity contribution < 1.29 is 9.78 Å². The molecule has 0 saturated heterocycles. The largest absolute Gasteiger partial charge is 0.290 e. The molecule has 0 aliphatic carbocycles. The van der Waals surface area contributed by atoms with E-state index in [1.807, 2.05) is 36.4 Å². The Morgan fingerprint density at radius 1 is 0.545 bits per heavy atom. The topological polar surface area (TPSA) is 18.5 Å². The van der Waals surface area contributed by atoms with Crippen LogP contribution in [0.4, 0.5) is 0 Å². The smallest absolute Gasteiger partial charge is 0.182 e. The van der Waals surface area contributed by atoms with Crippen LogP contribution in [0.15, 0.2) is 48.5 Å². The molecule has 0 radical (unpaired) electrons. The molecule has 0 spiro atoms. The molecule has 0 fully saturated rings. The van der Waals surface area contributed by atoms with Gasteiger partial charge in [0.15, 0.2) is 11.5 Å². The summed E-state index contributed by atoms with van der Waals surface area (Å²) in [6, 6.07) is 16.0. The van der Waals surface area contributed by atoms with E-state index in [1.165, 1.54) is 0 Å². The fourth-order valence-electron chi connectivity index (χ4n) is 2.41. The van der Waals surface area contributed by atoms with Gasteiger partial charge in [-0.15, -0.1) is 0 Å². The molecule has 0 aliphatic rings.